The average Bonchev–Trinajstić information content (AvgIpc) is 2.83. The number of methoxy groups -OCH3 is 1. The Morgan fingerprint density at radius 2 is 1.74 bits per heavy atom. The Labute approximate surface area is 183 Å². The minimum Gasteiger partial charge on any atom is -0.493 e. The summed E-state index contributed by atoms with van der Waals surface area (Å²) in [5.41, 5.74) is 2.26. The molecule has 0 aromatic heterocycles. The third-order valence-corrected chi connectivity index (χ3v) is 5.74. The highest BCUT2D eigenvalue weighted by atomic mass is 19.1. The molecule has 5 heteroatoms. The second-order valence-electron chi connectivity index (χ2n) is 7.81. The second kappa shape index (κ2) is 10.3. The topological polar surface area (TPSA) is 39.7 Å². The Balaban J connectivity index is 1.39. The van der Waals surface area contributed by atoms with Gasteiger partial charge in [0, 0.05) is 18.5 Å². The summed E-state index contributed by atoms with van der Waals surface area (Å²) in [6, 6.07) is 22.5. The molecule has 4 rings (SSSR count). The lowest BCUT2D eigenvalue weighted by Gasteiger charge is -2.32. The molecule has 1 N–H and O–H groups in total. The first-order chi connectivity index (χ1) is 15.2. The van der Waals surface area contributed by atoms with Crippen molar-refractivity contribution < 1.29 is 18.6 Å². The van der Waals surface area contributed by atoms with Crippen LogP contribution in [0.2, 0.25) is 0 Å². The van der Waals surface area contributed by atoms with Gasteiger partial charge in [-0.25, -0.2) is 4.39 Å². The summed E-state index contributed by atoms with van der Waals surface area (Å²) < 4.78 is 30.9. The van der Waals surface area contributed by atoms with Crippen LogP contribution in [0.4, 0.5) is 4.39 Å². The Morgan fingerprint density at radius 1 is 0.935 bits per heavy atom. The van der Waals surface area contributed by atoms with Crippen molar-refractivity contribution in [2.75, 3.05) is 26.8 Å². The summed E-state index contributed by atoms with van der Waals surface area (Å²) in [4.78, 5) is 0. The average molecular weight is 422 g/mol. The van der Waals surface area contributed by atoms with Crippen molar-refractivity contribution in [1.82, 2.24) is 5.32 Å². The highest BCUT2D eigenvalue weighted by Gasteiger charge is 2.27. The minimum atomic E-state index is -0.202. The zero-order chi connectivity index (χ0) is 21.5. The fraction of sp³-hybridized carbons (Fsp3) is 0.308. The van der Waals surface area contributed by atoms with Crippen LogP contribution in [-0.4, -0.2) is 26.8 Å². The van der Waals surface area contributed by atoms with Crippen molar-refractivity contribution >= 4 is 0 Å². The van der Waals surface area contributed by atoms with Crippen LogP contribution in [0.5, 0.6) is 17.2 Å². The standard InChI is InChI=1S/C26H28FNO3/c1-29-26-15-23(11-12-25(26)31-17-19-5-3-2-4-6-19)30-18-21-16-28-14-13-24(21)20-7-9-22(27)10-8-20/h2-12,15,21,24,28H,13-14,16-18H2,1H3. The Morgan fingerprint density at radius 3 is 2.52 bits per heavy atom. The van der Waals surface area contributed by atoms with Crippen molar-refractivity contribution in [2.45, 2.75) is 18.9 Å². The third-order valence-electron chi connectivity index (χ3n) is 5.74. The zero-order valence-corrected chi connectivity index (χ0v) is 17.7. The van der Waals surface area contributed by atoms with Gasteiger partial charge in [0.1, 0.15) is 18.2 Å². The van der Waals surface area contributed by atoms with Gasteiger partial charge in [0.05, 0.1) is 13.7 Å². The van der Waals surface area contributed by atoms with E-state index in [1.807, 2.05) is 60.7 Å². The summed E-state index contributed by atoms with van der Waals surface area (Å²) in [5, 5.41) is 3.45. The monoisotopic (exact) mass is 421 g/mol. The number of halogens is 1. The fourth-order valence-corrected chi connectivity index (χ4v) is 4.04. The van der Waals surface area contributed by atoms with E-state index in [2.05, 4.69) is 5.32 Å². The van der Waals surface area contributed by atoms with E-state index in [1.165, 1.54) is 17.7 Å². The quantitative estimate of drug-likeness (QED) is 0.544. The van der Waals surface area contributed by atoms with E-state index >= 15 is 0 Å². The van der Waals surface area contributed by atoms with Gasteiger partial charge in [-0.1, -0.05) is 42.5 Å². The second-order valence-corrected chi connectivity index (χ2v) is 7.81. The maximum atomic E-state index is 13.3. The molecule has 0 amide bonds. The Hall–Kier alpha value is -3.05. The molecule has 1 saturated heterocycles. The molecule has 0 bridgehead atoms. The highest BCUT2D eigenvalue weighted by Crippen LogP contribution is 2.34. The first-order valence-electron chi connectivity index (χ1n) is 10.7. The molecular formula is C26H28FNO3. The third kappa shape index (κ3) is 5.56. The van der Waals surface area contributed by atoms with E-state index < -0.39 is 0 Å². The summed E-state index contributed by atoms with van der Waals surface area (Å²) in [5.74, 6) is 2.52. The van der Waals surface area contributed by atoms with Gasteiger partial charge >= 0.3 is 0 Å². The zero-order valence-electron chi connectivity index (χ0n) is 17.7. The van der Waals surface area contributed by atoms with Crippen LogP contribution in [0, 0.1) is 11.7 Å². The maximum Gasteiger partial charge on any atom is 0.164 e. The molecular weight excluding hydrogens is 393 g/mol. The van der Waals surface area contributed by atoms with Gasteiger partial charge < -0.3 is 19.5 Å². The van der Waals surface area contributed by atoms with Crippen LogP contribution in [-0.2, 0) is 6.61 Å². The normalized spacial score (nSPS) is 18.4. The van der Waals surface area contributed by atoms with Crippen LogP contribution in [0.15, 0.2) is 72.8 Å². The number of piperidine rings is 1. The molecule has 0 saturated carbocycles. The molecule has 3 aromatic carbocycles. The molecule has 1 fully saturated rings. The lowest BCUT2D eigenvalue weighted by molar-refractivity contribution is 0.196. The van der Waals surface area contributed by atoms with Crippen LogP contribution < -0.4 is 19.5 Å². The van der Waals surface area contributed by atoms with Crippen molar-refractivity contribution in [2.24, 2.45) is 5.92 Å². The highest BCUT2D eigenvalue weighted by molar-refractivity contribution is 5.45. The van der Waals surface area contributed by atoms with E-state index in [0.717, 1.165) is 30.8 Å². The first-order valence-corrected chi connectivity index (χ1v) is 10.7. The number of ether oxygens (including phenoxy) is 3. The molecule has 2 unspecified atom stereocenters. The van der Waals surface area contributed by atoms with Gasteiger partial charge in [-0.15, -0.1) is 0 Å². The number of hydrogen-bond donors (Lipinski definition) is 1. The van der Waals surface area contributed by atoms with Gasteiger partial charge in [0.2, 0.25) is 0 Å². The number of benzene rings is 3. The molecule has 4 nitrogen and oxygen atoms in total. The van der Waals surface area contributed by atoms with E-state index in [9.17, 15) is 4.39 Å². The molecule has 162 valence electrons. The van der Waals surface area contributed by atoms with E-state index in [-0.39, 0.29) is 5.82 Å². The molecule has 1 heterocycles. The summed E-state index contributed by atoms with van der Waals surface area (Å²) >= 11 is 0. The Bertz CT molecular complexity index is 962. The smallest absolute Gasteiger partial charge is 0.164 e. The number of hydrogen-bond acceptors (Lipinski definition) is 4. The van der Waals surface area contributed by atoms with Gasteiger partial charge in [0.15, 0.2) is 11.5 Å². The minimum absolute atomic E-state index is 0.202. The molecule has 2 atom stereocenters. The molecule has 1 aliphatic rings. The molecule has 0 radical (unpaired) electrons. The molecule has 0 spiro atoms. The van der Waals surface area contributed by atoms with Gasteiger partial charge in [-0.05, 0) is 54.3 Å². The van der Waals surface area contributed by atoms with Crippen LogP contribution in [0.25, 0.3) is 0 Å². The molecule has 3 aromatic rings. The van der Waals surface area contributed by atoms with Gasteiger partial charge in [-0.2, -0.15) is 0 Å². The number of rotatable bonds is 8. The summed E-state index contributed by atoms with van der Waals surface area (Å²) in [7, 11) is 1.63. The SMILES string of the molecule is COc1cc(OCC2CNCCC2c2ccc(F)cc2)ccc1OCc1ccccc1. The first kappa shape index (κ1) is 21.2. The largest absolute Gasteiger partial charge is 0.493 e. The van der Waals surface area contributed by atoms with Crippen molar-refractivity contribution in [3.63, 3.8) is 0 Å². The Kier molecular flexibility index (Phi) is 7.05. The van der Waals surface area contributed by atoms with Crippen molar-refractivity contribution in [3.8, 4) is 17.2 Å². The van der Waals surface area contributed by atoms with Crippen molar-refractivity contribution in [3.05, 3.63) is 89.7 Å². The lowest BCUT2D eigenvalue weighted by Crippen LogP contribution is -2.38. The van der Waals surface area contributed by atoms with E-state index in [0.29, 0.717) is 36.5 Å². The van der Waals surface area contributed by atoms with Gasteiger partial charge in [0.25, 0.3) is 0 Å². The van der Waals surface area contributed by atoms with E-state index in [4.69, 9.17) is 14.2 Å². The molecule has 1 aliphatic heterocycles. The predicted molar refractivity (Wildman–Crippen MR) is 119 cm³/mol. The lowest BCUT2D eigenvalue weighted by atomic mass is 9.81. The van der Waals surface area contributed by atoms with Crippen molar-refractivity contribution in [1.29, 1.82) is 0 Å². The summed E-state index contributed by atoms with van der Waals surface area (Å²) in [6.45, 7) is 2.88. The number of nitrogens with one attached hydrogen (secondary N) is 1. The van der Waals surface area contributed by atoms with Crippen LogP contribution >= 0.6 is 0 Å². The predicted octanol–water partition coefficient (Wildman–Crippen LogP) is 5.19. The molecule has 0 aliphatic carbocycles. The summed E-state index contributed by atoms with van der Waals surface area (Å²) in [6.07, 6.45) is 1.01. The fourth-order valence-electron chi connectivity index (χ4n) is 4.04. The van der Waals surface area contributed by atoms with Gasteiger partial charge in [-0.3, -0.25) is 0 Å². The van der Waals surface area contributed by atoms with Crippen LogP contribution in [0.1, 0.15) is 23.5 Å². The van der Waals surface area contributed by atoms with Crippen LogP contribution in [0.3, 0.4) is 0 Å². The van der Waals surface area contributed by atoms with E-state index in [1.54, 1.807) is 7.11 Å². The maximum absolute atomic E-state index is 13.3. The molecule has 31 heavy (non-hydrogen) atoms.